The molecular weight excluding hydrogens is 268 g/mol. The summed E-state index contributed by atoms with van der Waals surface area (Å²) < 4.78 is 16.5. The fourth-order valence-electron chi connectivity index (χ4n) is 2.73. The lowest BCUT2D eigenvalue weighted by atomic mass is 10.1. The number of nitrogens with zero attached hydrogens (tertiary/aromatic N) is 1. The SMILES string of the molecule is CCOc1c(OC)cc(CN2CCNC(C)C2)cc1OC. The van der Waals surface area contributed by atoms with Crippen LogP contribution in [0, 0.1) is 0 Å². The first kappa shape index (κ1) is 15.9. The van der Waals surface area contributed by atoms with Crippen molar-refractivity contribution in [1.82, 2.24) is 10.2 Å². The maximum absolute atomic E-state index is 5.64. The van der Waals surface area contributed by atoms with Crippen molar-refractivity contribution in [3.05, 3.63) is 17.7 Å². The molecule has 0 aliphatic carbocycles. The molecule has 1 fully saturated rings. The fourth-order valence-corrected chi connectivity index (χ4v) is 2.73. The Morgan fingerprint density at radius 3 is 2.43 bits per heavy atom. The number of hydrogen-bond acceptors (Lipinski definition) is 5. The standard InChI is InChI=1S/C16H26N2O3/c1-5-21-16-14(19-3)8-13(9-15(16)20-4)11-18-7-6-17-12(2)10-18/h8-9,12,17H,5-7,10-11H2,1-4H3. The number of benzene rings is 1. The first-order valence-corrected chi connectivity index (χ1v) is 7.51. The van der Waals surface area contributed by atoms with Gasteiger partial charge in [-0.05, 0) is 31.5 Å². The highest BCUT2D eigenvalue weighted by molar-refractivity contribution is 5.53. The van der Waals surface area contributed by atoms with Crippen LogP contribution in [0.3, 0.4) is 0 Å². The second-order valence-corrected chi connectivity index (χ2v) is 5.35. The number of piperazine rings is 1. The van der Waals surface area contributed by atoms with Gasteiger partial charge >= 0.3 is 0 Å². The molecule has 1 aliphatic rings. The van der Waals surface area contributed by atoms with Crippen LogP contribution in [-0.2, 0) is 6.54 Å². The van der Waals surface area contributed by atoms with E-state index in [1.165, 1.54) is 5.56 Å². The first-order chi connectivity index (χ1) is 10.2. The van der Waals surface area contributed by atoms with Crippen LogP contribution in [0.4, 0.5) is 0 Å². The van der Waals surface area contributed by atoms with E-state index >= 15 is 0 Å². The Morgan fingerprint density at radius 2 is 1.90 bits per heavy atom. The van der Waals surface area contributed by atoms with Gasteiger partial charge in [0.1, 0.15) is 0 Å². The largest absolute Gasteiger partial charge is 0.493 e. The minimum absolute atomic E-state index is 0.533. The summed E-state index contributed by atoms with van der Waals surface area (Å²) in [5.74, 6) is 2.14. The van der Waals surface area contributed by atoms with Crippen molar-refractivity contribution in [3.8, 4) is 17.2 Å². The lowest BCUT2D eigenvalue weighted by Gasteiger charge is -2.32. The molecule has 1 N–H and O–H groups in total. The van der Waals surface area contributed by atoms with E-state index in [0.29, 0.717) is 18.4 Å². The van der Waals surface area contributed by atoms with Gasteiger partial charge in [0.15, 0.2) is 11.5 Å². The second-order valence-electron chi connectivity index (χ2n) is 5.35. The summed E-state index contributed by atoms with van der Waals surface area (Å²) in [6, 6.07) is 4.62. The minimum atomic E-state index is 0.533. The fraction of sp³-hybridized carbons (Fsp3) is 0.625. The van der Waals surface area contributed by atoms with Gasteiger partial charge in [-0.2, -0.15) is 0 Å². The monoisotopic (exact) mass is 294 g/mol. The van der Waals surface area contributed by atoms with Gasteiger partial charge in [0.05, 0.1) is 20.8 Å². The van der Waals surface area contributed by atoms with E-state index in [1.54, 1.807) is 14.2 Å². The van der Waals surface area contributed by atoms with E-state index in [-0.39, 0.29) is 0 Å². The molecule has 1 atom stereocenters. The number of hydrogen-bond donors (Lipinski definition) is 1. The highest BCUT2D eigenvalue weighted by Gasteiger charge is 2.18. The Labute approximate surface area is 127 Å². The van der Waals surface area contributed by atoms with Crippen LogP contribution < -0.4 is 19.5 Å². The molecule has 0 aromatic heterocycles. The third-order valence-electron chi connectivity index (χ3n) is 3.67. The Bertz CT molecular complexity index is 440. The third kappa shape index (κ3) is 4.02. The lowest BCUT2D eigenvalue weighted by molar-refractivity contribution is 0.199. The summed E-state index contributed by atoms with van der Waals surface area (Å²) in [5, 5.41) is 3.46. The van der Waals surface area contributed by atoms with Crippen LogP contribution in [0.25, 0.3) is 0 Å². The second kappa shape index (κ2) is 7.52. The molecule has 21 heavy (non-hydrogen) atoms. The highest BCUT2D eigenvalue weighted by Crippen LogP contribution is 2.38. The lowest BCUT2D eigenvalue weighted by Crippen LogP contribution is -2.48. The maximum atomic E-state index is 5.64. The van der Waals surface area contributed by atoms with Gasteiger partial charge in [-0.3, -0.25) is 4.90 Å². The Hall–Kier alpha value is -1.46. The highest BCUT2D eigenvalue weighted by atomic mass is 16.5. The van der Waals surface area contributed by atoms with Gasteiger partial charge in [-0.15, -0.1) is 0 Å². The zero-order valence-electron chi connectivity index (χ0n) is 13.4. The number of methoxy groups -OCH3 is 2. The van der Waals surface area contributed by atoms with Crippen LogP contribution in [0.5, 0.6) is 17.2 Å². The van der Waals surface area contributed by atoms with E-state index in [9.17, 15) is 0 Å². The van der Waals surface area contributed by atoms with Gasteiger partial charge < -0.3 is 19.5 Å². The summed E-state index contributed by atoms with van der Waals surface area (Å²) in [6.07, 6.45) is 0. The van der Waals surface area contributed by atoms with Crippen molar-refractivity contribution >= 4 is 0 Å². The molecule has 2 rings (SSSR count). The first-order valence-electron chi connectivity index (χ1n) is 7.51. The summed E-state index contributed by atoms with van der Waals surface area (Å²) in [6.45, 7) is 8.79. The smallest absolute Gasteiger partial charge is 0.203 e. The normalized spacial score (nSPS) is 19.3. The summed E-state index contributed by atoms with van der Waals surface area (Å²) in [7, 11) is 3.32. The Morgan fingerprint density at radius 1 is 1.24 bits per heavy atom. The molecule has 1 heterocycles. The molecule has 1 aromatic carbocycles. The van der Waals surface area contributed by atoms with Gasteiger partial charge in [0.25, 0.3) is 0 Å². The molecular formula is C16H26N2O3. The van der Waals surface area contributed by atoms with Crippen LogP contribution in [0.2, 0.25) is 0 Å². The van der Waals surface area contributed by atoms with E-state index in [4.69, 9.17) is 14.2 Å². The molecule has 5 heteroatoms. The molecule has 0 radical (unpaired) electrons. The van der Waals surface area contributed by atoms with E-state index in [2.05, 4.69) is 17.1 Å². The van der Waals surface area contributed by atoms with Crippen LogP contribution in [0.15, 0.2) is 12.1 Å². The molecule has 0 spiro atoms. The van der Waals surface area contributed by atoms with Crippen molar-refractivity contribution in [3.63, 3.8) is 0 Å². The minimum Gasteiger partial charge on any atom is -0.493 e. The summed E-state index contributed by atoms with van der Waals surface area (Å²) in [5.41, 5.74) is 1.18. The molecule has 0 saturated carbocycles. The predicted molar refractivity (Wildman–Crippen MR) is 83.5 cm³/mol. The van der Waals surface area contributed by atoms with Crippen LogP contribution in [-0.4, -0.2) is 51.4 Å². The molecule has 118 valence electrons. The Balaban J connectivity index is 2.19. The van der Waals surface area contributed by atoms with E-state index in [0.717, 1.165) is 37.7 Å². The van der Waals surface area contributed by atoms with Crippen LogP contribution in [0.1, 0.15) is 19.4 Å². The molecule has 0 amide bonds. The molecule has 0 bridgehead atoms. The van der Waals surface area contributed by atoms with Crippen molar-refractivity contribution < 1.29 is 14.2 Å². The molecule has 1 unspecified atom stereocenters. The third-order valence-corrected chi connectivity index (χ3v) is 3.67. The van der Waals surface area contributed by atoms with E-state index in [1.807, 2.05) is 19.1 Å². The molecule has 1 saturated heterocycles. The average molecular weight is 294 g/mol. The molecule has 1 aromatic rings. The average Bonchev–Trinajstić information content (AvgIpc) is 2.48. The van der Waals surface area contributed by atoms with Crippen molar-refractivity contribution in [2.24, 2.45) is 0 Å². The molecule has 1 aliphatic heterocycles. The van der Waals surface area contributed by atoms with Gasteiger partial charge in [-0.25, -0.2) is 0 Å². The quantitative estimate of drug-likeness (QED) is 0.868. The van der Waals surface area contributed by atoms with Crippen molar-refractivity contribution in [2.75, 3.05) is 40.5 Å². The Kier molecular flexibility index (Phi) is 5.70. The van der Waals surface area contributed by atoms with Gasteiger partial charge in [-0.1, -0.05) is 0 Å². The summed E-state index contributed by atoms with van der Waals surface area (Å²) >= 11 is 0. The van der Waals surface area contributed by atoms with Gasteiger partial charge in [0, 0.05) is 32.2 Å². The number of nitrogens with one attached hydrogen (secondary N) is 1. The van der Waals surface area contributed by atoms with Crippen molar-refractivity contribution in [1.29, 1.82) is 0 Å². The predicted octanol–water partition coefficient (Wildman–Crippen LogP) is 1.90. The summed E-state index contributed by atoms with van der Waals surface area (Å²) in [4.78, 5) is 2.44. The number of rotatable bonds is 6. The zero-order valence-corrected chi connectivity index (χ0v) is 13.4. The van der Waals surface area contributed by atoms with Crippen molar-refractivity contribution in [2.45, 2.75) is 26.4 Å². The number of ether oxygens (including phenoxy) is 3. The maximum Gasteiger partial charge on any atom is 0.203 e. The topological polar surface area (TPSA) is 43.0 Å². The molecule has 5 nitrogen and oxygen atoms in total. The van der Waals surface area contributed by atoms with Gasteiger partial charge in [0.2, 0.25) is 5.75 Å². The van der Waals surface area contributed by atoms with Crippen LogP contribution >= 0.6 is 0 Å². The van der Waals surface area contributed by atoms with E-state index < -0.39 is 0 Å². The zero-order chi connectivity index (χ0) is 15.2.